The average Bonchev–Trinajstić information content (AvgIpc) is 3.14. The molecular formula is C19H18ClN3O3. The largest absolute Gasteiger partial charge is 0.473 e. The lowest BCUT2D eigenvalue weighted by Crippen LogP contribution is -2.07. The minimum absolute atomic E-state index is 0.339. The van der Waals surface area contributed by atoms with Crippen LogP contribution in [0.4, 0.5) is 0 Å². The van der Waals surface area contributed by atoms with Crippen LogP contribution in [-0.4, -0.2) is 27.8 Å². The van der Waals surface area contributed by atoms with Crippen molar-refractivity contribution in [3.63, 3.8) is 0 Å². The van der Waals surface area contributed by atoms with Gasteiger partial charge in [0.2, 0.25) is 5.88 Å². The van der Waals surface area contributed by atoms with Gasteiger partial charge in [-0.1, -0.05) is 30.7 Å². The Morgan fingerprint density at radius 3 is 2.77 bits per heavy atom. The van der Waals surface area contributed by atoms with E-state index in [2.05, 4.69) is 17.0 Å². The Kier molecular flexibility index (Phi) is 5.53. The number of hydrogen-bond acceptors (Lipinski definition) is 5. The van der Waals surface area contributed by atoms with Crippen molar-refractivity contribution >= 4 is 17.6 Å². The maximum Gasteiger partial charge on any atom is 0.338 e. The minimum Gasteiger partial charge on any atom is -0.473 e. The Morgan fingerprint density at radius 1 is 1.19 bits per heavy atom. The van der Waals surface area contributed by atoms with E-state index < -0.39 is 5.97 Å². The molecule has 0 fully saturated rings. The van der Waals surface area contributed by atoms with Crippen LogP contribution in [0.15, 0.2) is 48.8 Å². The van der Waals surface area contributed by atoms with Gasteiger partial charge in [-0.05, 0) is 35.7 Å². The predicted octanol–water partition coefficient (Wildman–Crippen LogP) is 3.85. The van der Waals surface area contributed by atoms with Crippen LogP contribution in [0.1, 0.15) is 28.4 Å². The van der Waals surface area contributed by atoms with Gasteiger partial charge in [-0.2, -0.15) is 9.78 Å². The van der Waals surface area contributed by atoms with Crippen molar-refractivity contribution in [2.24, 2.45) is 0 Å². The van der Waals surface area contributed by atoms with Gasteiger partial charge in [0.15, 0.2) is 5.82 Å². The quantitative estimate of drug-likeness (QED) is 0.616. The molecule has 2 aromatic heterocycles. The van der Waals surface area contributed by atoms with Gasteiger partial charge in [-0.25, -0.2) is 9.78 Å². The number of benzene rings is 1. The third-order valence-corrected chi connectivity index (χ3v) is 4.23. The van der Waals surface area contributed by atoms with Crippen LogP contribution in [-0.2, 0) is 17.8 Å². The van der Waals surface area contributed by atoms with Crippen molar-refractivity contribution in [2.45, 2.75) is 20.0 Å². The number of methoxy groups -OCH3 is 1. The standard InChI is InChI=1S/C19H18ClN3O3/c1-3-14-5-4-13(10-16(14)20)12-26-18-7-9-22-23(18)17-11-15(6-8-21-17)19(24)25-2/h4-11H,3,12H2,1-2H3. The molecule has 0 atom stereocenters. The lowest BCUT2D eigenvalue weighted by Gasteiger charge is -2.10. The summed E-state index contributed by atoms with van der Waals surface area (Å²) in [6, 6.07) is 10.8. The lowest BCUT2D eigenvalue weighted by atomic mass is 10.1. The second-order valence-corrected chi connectivity index (χ2v) is 5.95. The van der Waals surface area contributed by atoms with Crippen molar-refractivity contribution in [3.8, 4) is 11.7 Å². The Balaban J connectivity index is 1.79. The molecule has 0 spiro atoms. The number of aryl methyl sites for hydroxylation is 1. The van der Waals surface area contributed by atoms with Crippen LogP contribution in [0, 0.1) is 0 Å². The third kappa shape index (κ3) is 3.86. The Hall–Kier alpha value is -2.86. The van der Waals surface area contributed by atoms with Gasteiger partial charge < -0.3 is 9.47 Å². The molecule has 6 nitrogen and oxygen atoms in total. The van der Waals surface area contributed by atoms with Crippen molar-refractivity contribution in [3.05, 3.63) is 70.5 Å². The van der Waals surface area contributed by atoms with Crippen LogP contribution >= 0.6 is 11.6 Å². The second kappa shape index (κ2) is 8.01. The Labute approximate surface area is 156 Å². The molecule has 3 aromatic rings. The van der Waals surface area contributed by atoms with Crippen LogP contribution in [0.3, 0.4) is 0 Å². The first kappa shape index (κ1) is 17.9. The minimum atomic E-state index is -0.436. The number of ether oxygens (including phenoxy) is 2. The van der Waals surface area contributed by atoms with E-state index in [9.17, 15) is 4.79 Å². The summed E-state index contributed by atoms with van der Waals surface area (Å²) in [4.78, 5) is 15.9. The maximum absolute atomic E-state index is 11.7. The van der Waals surface area contributed by atoms with Crippen LogP contribution in [0.2, 0.25) is 5.02 Å². The summed E-state index contributed by atoms with van der Waals surface area (Å²) in [5.74, 6) is 0.538. The lowest BCUT2D eigenvalue weighted by molar-refractivity contribution is 0.0600. The summed E-state index contributed by atoms with van der Waals surface area (Å²) in [6.45, 7) is 2.40. The Morgan fingerprint density at radius 2 is 2.04 bits per heavy atom. The predicted molar refractivity (Wildman–Crippen MR) is 97.9 cm³/mol. The highest BCUT2D eigenvalue weighted by Gasteiger charge is 2.12. The molecule has 0 unspecified atom stereocenters. The highest BCUT2D eigenvalue weighted by Crippen LogP contribution is 2.21. The summed E-state index contributed by atoms with van der Waals surface area (Å²) < 4.78 is 12.1. The van der Waals surface area contributed by atoms with Gasteiger partial charge in [0.25, 0.3) is 0 Å². The zero-order valence-electron chi connectivity index (χ0n) is 14.5. The molecule has 0 aliphatic carbocycles. The fourth-order valence-electron chi connectivity index (χ4n) is 2.48. The molecule has 0 N–H and O–H groups in total. The van der Waals surface area contributed by atoms with Crippen LogP contribution in [0.5, 0.6) is 5.88 Å². The molecular weight excluding hydrogens is 354 g/mol. The molecule has 1 aromatic carbocycles. The molecule has 26 heavy (non-hydrogen) atoms. The van der Waals surface area contributed by atoms with E-state index in [0.717, 1.165) is 22.6 Å². The summed E-state index contributed by atoms with van der Waals surface area (Å²) in [5, 5.41) is 4.95. The van der Waals surface area contributed by atoms with Gasteiger partial charge in [-0.15, -0.1) is 0 Å². The molecule has 134 valence electrons. The molecule has 0 saturated carbocycles. The molecule has 2 heterocycles. The average molecular weight is 372 g/mol. The van der Waals surface area contributed by atoms with Crippen molar-refractivity contribution in [1.29, 1.82) is 0 Å². The normalized spacial score (nSPS) is 10.6. The number of pyridine rings is 1. The molecule has 0 aliphatic heterocycles. The number of rotatable bonds is 6. The van der Waals surface area contributed by atoms with Crippen molar-refractivity contribution in [1.82, 2.24) is 14.8 Å². The number of hydrogen-bond donors (Lipinski definition) is 0. The molecule has 0 amide bonds. The number of halogens is 1. The Bertz CT molecular complexity index is 924. The molecule has 0 bridgehead atoms. The number of esters is 1. The molecule has 7 heteroatoms. The highest BCUT2D eigenvalue weighted by molar-refractivity contribution is 6.31. The second-order valence-electron chi connectivity index (χ2n) is 5.54. The number of aromatic nitrogens is 3. The first-order valence-corrected chi connectivity index (χ1v) is 8.49. The zero-order valence-corrected chi connectivity index (χ0v) is 15.2. The monoisotopic (exact) mass is 371 g/mol. The van der Waals surface area contributed by atoms with Gasteiger partial charge in [-0.3, -0.25) is 0 Å². The first-order valence-electron chi connectivity index (χ1n) is 8.11. The van der Waals surface area contributed by atoms with E-state index >= 15 is 0 Å². The van der Waals surface area contributed by atoms with Crippen molar-refractivity contribution in [2.75, 3.05) is 7.11 Å². The van der Waals surface area contributed by atoms with E-state index in [1.54, 1.807) is 24.4 Å². The van der Waals surface area contributed by atoms with Gasteiger partial charge in [0.1, 0.15) is 6.61 Å². The summed E-state index contributed by atoms with van der Waals surface area (Å²) in [6.07, 6.45) is 4.01. The fourth-order valence-corrected chi connectivity index (χ4v) is 2.81. The van der Waals surface area contributed by atoms with Crippen LogP contribution in [0.25, 0.3) is 5.82 Å². The highest BCUT2D eigenvalue weighted by atomic mass is 35.5. The van der Waals surface area contributed by atoms with E-state index in [-0.39, 0.29) is 0 Å². The van der Waals surface area contributed by atoms with Gasteiger partial charge >= 0.3 is 5.97 Å². The maximum atomic E-state index is 11.7. The van der Waals surface area contributed by atoms with E-state index in [1.165, 1.54) is 18.0 Å². The summed E-state index contributed by atoms with van der Waals surface area (Å²) in [7, 11) is 1.33. The van der Waals surface area contributed by atoms with Gasteiger partial charge in [0, 0.05) is 17.3 Å². The van der Waals surface area contributed by atoms with E-state index in [0.29, 0.717) is 23.9 Å². The van der Waals surface area contributed by atoms with Crippen molar-refractivity contribution < 1.29 is 14.3 Å². The topological polar surface area (TPSA) is 66.2 Å². The molecule has 0 saturated heterocycles. The summed E-state index contributed by atoms with van der Waals surface area (Å²) >= 11 is 6.25. The van der Waals surface area contributed by atoms with E-state index in [4.69, 9.17) is 21.1 Å². The van der Waals surface area contributed by atoms with Gasteiger partial charge in [0.05, 0.1) is 18.9 Å². The molecule has 0 radical (unpaired) electrons. The summed E-state index contributed by atoms with van der Waals surface area (Å²) in [5.41, 5.74) is 2.45. The smallest absolute Gasteiger partial charge is 0.338 e. The van der Waals surface area contributed by atoms with E-state index in [1.807, 2.05) is 18.2 Å². The fraction of sp³-hybridized carbons (Fsp3) is 0.211. The number of nitrogens with zero attached hydrogens (tertiary/aromatic N) is 3. The third-order valence-electron chi connectivity index (χ3n) is 3.88. The molecule has 0 aliphatic rings. The SMILES string of the molecule is CCc1ccc(COc2ccnn2-c2cc(C(=O)OC)ccn2)cc1Cl. The molecule has 3 rings (SSSR count). The number of carbonyl (C=O) groups is 1. The first-order chi connectivity index (χ1) is 12.6. The zero-order chi connectivity index (χ0) is 18.5. The number of carbonyl (C=O) groups excluding carboxylic acids is 1. The van der Waals surface area contributed by atoms with Crippen LogP contribution < -0.4 is 4.74 Å².